The number of urea groups is 1. The molecule has 1 atom stereocenters. The van der Waals surface area contributed by atoms with Crippen molar-refractivity contribution in [2.24, 2.45) is 0 Å². The Kier molecular flexibility index (Phi) is 6.38. The first-order valence-electron chi connectivity index (χ1n) is 9.14. The quantitative estimate of drug-likeness (QED) is 0.665. The summed E-state index contributed by atoms with van der Waals surface area (Å²) in [6, 6.07) is 13.0. The zero-order chi connectivity index (χ0) is 20.9. The number of ether oxygens (including phenoxy) is 1. The van der Waals surface area contributed by atoms with Gasteiger partial charge in [0.05, 0.1) is 18.6 Å². The van der Waals surface area contributed by atoms with Crippen LogP contribution in [0.1, 0.15) is 22.3 Å². The Hall–Kier alpha value is -3.07. The molecule has 29 heavy (non-hydrogen) atoms. The lowest BCUT2D eigenvalue weighted by Gasteiger charge is -2.13. The molecule has 0 unspecified atom stereocenters. The maximum Gasteiger partial charge on any atom is 0.319 e. The Balaban J connectivity index is 1.57. The smallest absolute Gasteiger partial charge is 0.319 e. The lowest BCUT2D eigenvalue weighted by Crippen LogP contribution is -2.38. The number of amides is 3. The van der Waals surface area contributed by atoms with E-state index in [1.54, 1.807) is 31.4 Å². The van der Waals surface area contributed by atoms with E-state index in [0.29, 0.717) is 30.0 Å². The molecule has 9 heteroatoms. The third-order valence-corrected chi connectivity index (χ3v) is 6.35. The highest BCUT2D eigenvalue weighted by molar-refractivity contribution is 7.91. The third-order valence-electron chi connectivity index (χ3n) is 4.58. The molecule has 0 aliphatic carbocycles. The van der Waals surface area contributed by atoms with Gasteiger partial charge < -0.3 is 20.7 Å². The van der Waals surface area contributed by atoms with E-state index < -0.39 is 21.9 Å². The van der Waals surface area contributed by atoms with Crippen molar-refractivity contribution in [3.63, 3.8) is 0 Å². The van der Waals surface area contributed by atoms with Crippen molar-refractivity contribution in [2.45, 2.75) is 19.0 Å². The van der Waals surface area contributed by atoms with Gasteiger partial charge in [0, 0.05) is 29.4 Å². The number of hydrogen-bond acceptors (Lipinski definition) is 5. The Morgan fingerprint density at radius 1 is 1.14 bits per heavy atom. The van der Waals surface area contributed by atoms with Crippen LogP contribution in [-0.2, 0) is 16.4 Å². The maximum absolute atomic E-state index is 12.5. The average molecular weight is 417 g/mol. The predicted octanol–water partition coefficient (Wildman–Crippen LogP) is 1.93. The van der Waals surface area contributed by atoms with Gasteiger partial charge in [-0.25, -0.2) is 13.2 Å². The number of para-hydroxylation sites is 1. The van der Waals surface area contributed by atoms with Crippen LogP contribution in [0.25, 0.3) is 0 Å². The maximum atomic E-state index is 12.5. The highest BCUT2D eigenvalue weighted by atomic mass is 32.2. The van der Waals surface area contributed by atoms with Gasteiger partial charge in [-0.3, -0.25) is 4.79 Å². The highest BCUT2D eigenvalue weighted by Gasteiger charge is 2.28. The molecule has 0 bridgehead atoms. The van der Waals surface area contributed by atoms with Crippen molar-refractivity contribution >= 4 is 27.5 Å². The zero-order valence-corrected chi connectivity index (χ0v) is 16.8. The summed E-state index contributed by atoms with van der Waals surface area (Å²) in [5.41, 5.74) is 1.68. The predicted molar refractivity (Wildman–Crippen MR) is 110 cm³/mol. The summed E-state index contributed by atoms with van der Waals surface area (Å²) >= 11 is 0. The van der Waals surface area contributed by atoms with Gasteiger partial charge in [-0.15, -0.1) is 0 Å². The SMILES string of the molecule is COc1ccccc1CNC(=O)c1cccc(NC(=O)N[C@@H]2CCS(=O)(=O)C2)c1. The summed E-state index contributed by atoms with van der Waals surface area (Å²) < 4.78 is 28.2. The van der Waals surface area contributed by atoms with E-state index in [4.69, 9.17) is 4.74 Å². The molecule has 3 rings (SSSR count). The van der Waals surface area contributed by atoms with Gasteiger partial charge in [0.2, 0.25) is 0 Å². The van der Waals surface area contributed by atoms with Crippen LogP contribution in [0, 0.1) is 0 Å². The molecule has 2 aromatic carbocycles. The van der Waals surface area contributed by atoms with Gasteiger partial charge in [0.15, 0.2) is 9.84 Å². The first-order chi connectivity index (χ1) is 13.9. The standard InChI is InChI=1S/C20H23N3O5S/c1-28-18-8-3-2-5-15(18)12-21-19(24)14-6-4-7-16(11-14)22-20(25)23-17-9-10-29(26,27)13-17/h2-8,11,17H,9-10,12-13H2,1H3,(H,21,24)(H2,22,23,25)/t17-/m1/s1. The van der Waals surface area contributed by atoms with E-state index >= 15 is 0 Å². The molecule has 0 radical (unpaired) electrons. The number of nitrogens with one attached hydrogen (secondary N) is 3. The topological polar surface area (TPSA) is 114 Å². The largest absolute Gasteiger partial charge is 0.496 e. The third kappa shape index (κ3) is 5.71. The molecule has 3 amide bonds. The minimum absolute atomic E-state index is 0.0498. The van der Waals surface area contributed by atoms with E-state index in [2.05, 4.69) is 16.0 Å². The van der Waals surface area contributed by atoms with E-state index in [1.165, 1.54) is 0 Å². The summed E-state index contributed by atoms with van der Waals surface area (Å²) in [7, 11) is -1.50. The van der Waals surface area contributed by atoms with Crippen molar-refractivity contribution in [3.05, 3.63) is 59.7 Å². The van der Waals surface area contributed by atoms with Crippen LogP contribution in [0.2, 0.25) is 0 Å². The molecule has 1 saturated heterocycles. The number of carbonyl (C=O) groups is 2. The highest BCUT2D eigenvalue weighted by Crippen LogP contribution is 2.17. The minimum Gasteiger partial charge on any atom is -0.496 e. The summed E-state index contributed by atoms with van der Waals surface area (Å²) in [5.74, 6) is 0.432. The molecule has 0 spiro atoms. The van der Waals surface area contributed by atoms with Crippen LogP contribution >= 0.6 is 0 Å². The molecule has 3 N–H and O–H groups in total. The zero-order valence-electron chi connectivity index (χ0n) is 16.0. The van der Waals surface area contributed by atoms with E-state index in [1.807, 2.05) is 24.3 Å². The molecule has 154 valence electrons. The van der Waals surface area contributed by atoms with Gasteiger partial charge in [0.1, 0.15) is 5.75 Å². The number of rotatable bonds is 6. The number of benzene rings is 2. The lowest BCUT2D eigenvalue weighted by molar-refractivity contribution is 0.0950. The molecule has 1 heterocycles. The fraction of sp³-hybridized carbons (Fsp3) is 0.300. The average Bonchev–Trinajstić information content (AvgIpc) is 3.04. The van der Waals surface area contributed by atoms with Crippen molar-refractivity contribution < 1.29 is 22.7 Å². The van der Waals surface area contributed by atoms with Crippen molar-refractivity contribution in [1.82, 2.24) is 10.6 Å². The van der Waals surface area contributed by atoms with Gasteiger partial charge in [0.25, 0.3) is 5.91 Å². The Morgan fingerprint density at radius 3 is 2.66 bits per heavy atom. The molecule has 0 aromatic heterocycles. The number of hydrogen-bond donors (Lipinski definition) is 3. The second-order valence-corrected chi connectivity index (χ2v) is 9.00. The Bertz CT molecular complexity index is 1010. The summed E-state index contributed by atoms with van der Waals surface area (Å²) in [6.07, 6.45) is 0.404. The van der Waals surface area contributed by atoms with Crippen LogP contribution in [0.3, 0.4) is 0 Å². The normalized spacial score (nSPS) is 17.3. The van der Waals surface area contributed by atoms with Crippen LogP contribution < -0.4 is 20.7 Å². The van der Waals surface area contributed by atoms with Crippen LogP contribution in [0.4, 0.5) is 10.5 Å². The van der Waals surface area contributed by atoms with Crippen LogP contribution in [0.5, 0.6) is 5.75 Å². The summed E-state index contributed by atoms with van der Waals surface area (Å²) in [6.45, 7) is 0.303. The van der Waals surface area contributed by atoms with Gasteiger partial charge >= 0.3 is 6.03 Å². The summed E-state index contributed by atoms with van der Waals surface area (Å²) in [5, 5.41) is 8.11. The second kappa shape index (κ2) is 8.95. The second-order valence-electron chi connectivity index (χ2n) is 6.77. The fourth-order valence-corrected chi connectivity index (χ4v) is 4.80. The van der Waals surface area contributed by atoms with E-state index in [-0.39, 0.29) is 17.4 Å². The number of carbonyl (C=O) groups excluding carboxylic acids is 2. The van der Waals surface area contributed by atoms with E-state index in [0.717, 1.165) is 5.56 Å². The number of anilines is 1. The Labute approximate surface area is 169 Å². The monoisotopic (exact) mass is 417 g/mol. The molecule has 8 nitrogen and oxygen atoms in total. The molecule has 1 aliphatic heterocycles. The molecular weight excluding hydrogens is 394 g/mol. The van der Waals surface area contributed by atoms with Crippen molar-refractivity contribution in [2.75, 3.05) is 23.9 Å². The number of methoxy groups -OCH3 is 1. The van der Waals surface area contributed by atoms with E-state index in [9.17, 15) is 18.0 Å². The van der Waals surface area contributed by atoms with Crippen molar-refractivity contribution in [3.8, 4) is 5.75 Å². The van der Waals surface area contributed by atoms with Crippen LogP contribution in [0.15, 0.2) is 48.5 Å². The van der Waals surface area contributed by atoms with Gasteiger partial charge in [-0.05, 0) is 30.7 Å². The fourth-order valence-electron chi connectivity index (χ4n) is 3.13. The minimum atomic E-state index is -3.07. The first kappa shape index (κ1) is 20.7. The molecule has 2 aromatic rings. The molecule has 0 saturated carbocycles. The Morgan fingerprint density at radius 2 is 1.93 bits per heavy atom. The summed E-state index contributed by atoms with van der Waals surface area (Å²) in [4.78, 5) is 24.6. The van der Waals surface area contributed by atoms with Crippen molar-refractivity contribution in [1.29, 1.82) is 0 Å². The number of sulfone groups is 1. The molecular formula is C20H23N3O5S. The van der Waals surface area contributed by atoms with Gasteiger partial charge in [-0.1, -0.05) is 24.3 Å². The molecule has 1 aliphatic rings. The van der Waals surface area contributed by atoms with Gasteiger partial charge in [-0.2, -0.15) is 0 Å². The van der Waals surface area contributed by atoms with Crippen LogP contribution in [-0.4, -0.2) is 45.0 Å². The lowest BCUT2D eigenvalue weighted by atomic mass is 10.1. The molecule has 1 fully saturated rings. The first-order valence-corrected chi connectivity index (χ1v) is 11.0.